The highest BCUT2D eigenvalue weighted by atomic mass is 16.5. The molecule has 2 saturated heterocycles. The van der Waals surface area contributed by atoms with E-state index in [1.165, 1.54) is 5.69 Å². The molecular weight excluding hydrogens is 342 g/mol. The van der Waals surface area contributed by atoms with Gasteiger partial charge in [-0.05, 0) is 37.1 Å². The van der Waals surface area contributed by atoms with Gasteiger partial charge in [0.1, 0.15) is 5.75 Å². The Bertz CT molecular complexity index is 643. The van der Waals surface area contributed by atoms with Gasteiger partial charge < -0.3 is 19.4 Å². The van der Waals surface area contributed by atoms with E-state index in [9.17, 15) is 9.59 Å². The molecule has 2 aliphatic rings. The fraction of sp³-hybridized carbons (Fsp3) is 0.619. The predicted molar refractivity (Wildman–Crippen MR) is 106 cm³/mol. The Balaban J connectivity index is 1.48. The Morgan fingerprint density at radius 2 is 1.52 bits per heavy atom. The zero-order valence-corrected chi connectivity index (χ0v) is 16.7. The lowest BCUT2D eigenvalue weighted by Crippen LogP contribution is -2.52. The number of piperazine rings is 1. The summed E-state index contributed by atoms with van der Waals surface area (Å²) in [6.45, 7) is 8.50. The first kappa shape index (κ1) is 19.5. The molecule has 3 rings (SSSR count). The summed E-state index contributed by atoms with van der Waals surface area (Å²) in [4.78, 5) is 31.2. The molecule has 6 nitrogen and oxygen atoms in total. The number of carbonyl (C=O) groups excluding carboxylic acids is 2. The molecule has 0 radical (unpaired) electrons. The highest BCUT2D eigenvalue weighted by Gasteiger charge is 2.32. The van der Waals surface area contributed by atoms with Crippen molar-refractivity contribution in [1.82, 2.24) is 9.80 Å². The Morgan fingerprint density at radius 1 is 0.926 bits per heavy atom. The number of nitrogens with zero attached hydrogens (tertiary/aromatic N) is 3. The minimum atomic E-state index is 0.0308. The molecule has 1 aromatic rings. The van der Waals surface area contributed by atoms with Gasteiger partial charge in [0.05, 0.1) is 7.11 Å². The summed E-state index contributed by atoms with van der Waals surface area (Å²) in [7, 11) is 1.67. The van der Waals surface area contributed by atoms with Crippen LogP contribution in [-0.2, 0) is 9.59 Å². The van der Waals surface area contributed by atoms with Crippen molar-refractivity contribution in [3.05, 3.63) is 24.3 Å². The molecule has 1 aromatic carbocycles. The van der Waals surface area contributed by atoms with Crippen LogP contribution in [0.25, 0.3) is 0 Å². The Hall–Kier alpha value is -2.24. The minimum Gasteiger partial charge on any atom is -0.497 e. The largest absolute Gasteiger partial charge is 0.497 e. The van der Waals surface area contributed by atoms with E-state index in [1.807, 2.05) is 35.8 Å². The maximum atomic E-state index is 12.9. The molecule has 6 heteroatoms. The molecule has 0 aliphatic carbocycles. The van der Waals surface area contributed by atoms with E-state index in [4.69, 9.17) is 4.74 Å². The number of rotatable bonds is 4. The van der Waals surface area contributed by atoms with Gasteiger partial charge in [0.2, 0.25) is 11.8 Å². The molecular formula is C21H31N3O3. The minimum absolute atomic E-state index is 0.0308. The molecule has 0 atom stereocenters. The van der Waals surface area contributed by atoms with Crippen LogP contribution in [0.3, 0.4) is 0 Å². The van der Waals surface area contributed by atoms with Crippen molar-refractivity contribution >= 4 is 17.5 Å². The van der Waals surface area contributed by atoms with Crippen LogP contribution in [-0.4, -0.2) is 68.0 Å². The number of piperidine rings is 1. The first-order chi connectivity index (χ1) is 13.0. The second-order valence-corrected chi connectivity index (χ2v) is 7.76. The van der Waals surface area contributed by atoms with Gasteiger partial charge in [-0.3, -0.25) is 9.59 Å². The normalized spacial score (nSPS) is 18.7. The smallest absolute Gasteiger partial charge is 0.225 e. The van der Waals surface area contributed by atoms with Crippen LogP contribution >= 0.6 is 0 Å². The van der Waals surface area contributed by atoms with E-state index in [0.29, 0.717) is 13.1 Å². The van der Waals surface area contributed by atoms with Crippen LogP contribution in [0.15, 0.2) is 24.3 Å². The Kier molecular flexibility index (Phi) is 6.24. The number of amides is 2. The highest BCUT2D eigenvalue weighted by Crippen LogP contribution is 2.24. The third kappa shape index (κ3) is 4.54. The Labute approximate surface area is 162 Å². The second-order valence-electron chi connectivity index (χ2n) is 7.76. The number of methoxy groups -OCH3 is 1. The van der Waals surface area contributed by atoms with Crippen molar-refractivity contribution in [1.29, 1.82) is 0 Å². The fourth-order valence-corrected chi connectivity index (χ4v) is 3.95. The molecule has 27 heavy (non-hydrogen) atoms. The summed E-state index contributed by atoms with van der Waals surface area (Å²) in [5.74, 6) is 1.42. The van der Waals surface area contributed by atoms with Crippen LogP contribution < -0.4 is 9.64 Å². The number of ether oxygens (including phenoxy) is 1. The van der Waals surface area contributed by atoms with Crippen LogP contribution in [0.1, 0.15) is 26.7 Å². The first-order valence-corrected chi connectivity index (χ1v) is 9.96. The van der Waals surface area contributed by atoms with Crippen molar-refractivity contribution in [3.8, 4) is 5.75 Å². The van der Waals surface area contributed by atoms with Gasteiger partial charge in [-0.2, -0.15) is 0 Å². The number of hydrogen-bond acceptors (Lipinski definition) is 4. The zero-order chi connectivity index (χ0) is 19.4. The number of carbonyl (C=O) groups is 2. The molecule has 2 fully saturated rings. The van der Waals surface area contributed by atoms with Gasteiger partial charge in [-0.25, -0.2) is 0 Å². The second kappa shape index (κ2) is 8.63. The number of anilines is 1. The molecule has 2 amide bonds. The molecule has 0 N–H and O–H groups in total. The lowest BCUT2D eigenvalue weighted by atomic mass is 9.94. The van der Waals surface area contributed by atoms with E-state index in [1.54, 1.807) is 7.11 Å². The van der Waals surface area contributed by atoms with Crippen molar-refractivity contribution in [2.75, 3.05) is 51.3 Å². The number of hydrogen-bond donors (Lipinski definition) is 0. The van der Waals surface area contributed by atoms with E-state index in [2.05, 4.69) is 17.0 Å². The number of benzene rings is 1. The third-order valence-electron chi connectivity index (χ3n) is 5.68. The molecule has 0 saturated carbocycles. The van der Waals surface area contributed by atoms with Crippen LogP contribution in [0.2, 0.25) is 0 Å². The average Bonchev–Trinajstić information content (AvgIpc) is 2.73. The van der Waals surface area contributed by atoms with Gasteiger partial charge in [0.15, 0.2) is 0 Å². The van der Waals surface area contributed by atoms with E-state index < -0.39 is 0 Å². The fourth-order valence-electron chi connectivity index (χ4n) is 3.95. The molecule has 0 aromatic heterocycles. The quantitative estimate of drug-likeness (QED) is 0.812. The van der Waals surface area contributed by atoms with Crippen LogP contribution in [0.5, 0.6) is 5.75 Å². The molecule has 2 heterocycles. The lowest BCUT2D eigenvalue weighted by molar-refractivity contribution is -0.142. The van der Waals surface area contributed by atoms with E-state index in [0.717, 1.165) is 44.8 Å². The molecule has 2 aliphatic heterocycles. The molecule has 0 unspecified atom stereocenters. The summed E-state index contributed by atoms with van der Waals surface area (Å²) < 4.78 is 5.21. The van der Waals surface area contributed by atoms with E-state index >= 15 is 0 Å². The molecule has 0 bridgehead atoms. The summed E-state index contributed by atoms with van der Waals surface area (Å²) >= 11 is 0. The van der Waals surface area contributed by atoms with Crippen molar-refractivity contribution < 1.29 is 14.3 Å². The topological polar surface area (TPSA) is 53.1 Å². The van der Waals surface area contributed by atoms with Crippen molar-refractivity contribution in [2.45, 2.75) is 26.7 Å². The first-order valence-electron chi connectivity index (χ1n) is 9.96. The zero-order valence-electron chi connectivity index (χ0n) is 16.7. The van der Waals surface area contributed by atoms with Gasteiger partial charge in [0, 0.05) is 56.8 Å². The van der Waals surface area contributed by atoms with Crippen LogP contribution in [0.4, 0.5) is 5.69 Å². The van der Waals surface area contributed by atoms with Crippen molar-refractivity contribution in [2.24, 2.45) is 11.8 Å². The average molecular weight is 373 g/mol. The highest BCUT2D eigenvalue weighted by molar-refractivity contribution is 5.81. The third-order valence-corrected chi connectivity index (χ3v) is 5.68. The maximum Gasteiger partial charge on any atom is 0.225 e. The maximum absolute atomic E-state index is 12.9. The van der Waals surface area contributed by atoms with E-state index in [-0.39, 0.29) is 23.7 Å². The predicted octanol–water partition coefficient (Wildman–Crippen LogP) is 2.24. The monoisotopic (exact) mass is 373 g/mol. The molecule has 148 valence electrons. The lowest BCUT2D eigenvalue weighted by Gasteiger charge is -2.39. The van der Waals surface area contributed by atoms with Crippen molar-refractivity contribution in [3.63, 3.8) is 0 Å². The standard InChI is InChI=1S/C21H31N3O3/c1-16(2)20(25)23-10-8-17(9-11-23)21(26)24-14-12-22(13-15-24)18-4-6-19(27-3)7-5-18/h4-7,16-17H,8-15H2,1-3H3. The molecule has 0 spiro atoms. The summed E-state index contributed by atoms with van der Waals surface area (Å²) in [6, 6.07) is 8.08. The summed E-state index contributed by atoms with van der Waals surface area (Å²) in [6.07, 6.45) is 1.58. The number of likely N-dealkylation sites (tertiary alicyclic amines) is 1. The SMILES string of the molecule is COc1ccc(N2CCN(C(=O)C3CCN(C(=O)C(C)C)CC3)CC2)cc1. The van der Waals surface area contributed by atoms with Gasteiger partial charge >= 0.3 is 0 Å². The Morgan fingerprint density at radius 3 is 2.04 bits per heavy atom. The van der Waals surface area contributed by atoms with Crippen LogP contribution in [0, 0.1) is 11.8 Å². The summed E-state index contributed by atoms with van der Waals surface area (Å²) in [5.41, 5.74) is 1.17. The summed E-state index contributed by atoms with van der Waals surface area (Å²) in [5, 5.41) is 0. The van der Waals surface area contributed by atoms with Gasteiger partial charge in [-0.15, -0.1) is 0 Å². The van der Waals surface area contributed by atoms with Gasteiger partial charge in [-0.1, -0.05) is 13.8 Å². The van der Waals surface area contributed by atoms with Gasteiger partial charge in [0.25, 0.3) is 0 Å².